The highest BCUT2D eigenvalue weighted by atomic mass is 19.4. The van der Waals surface area contributed by atoms with Crippen LogP contribution in [-0.4, -0.2) is 78.1 Å². The number of carbonyl (C=O) groups is 1. The summed E-state index contributed by atoms with van der Waals surface area (Å²) in [7, 11) is 1.80. The summed E-state index contributed by atoms with van der Waals surface area (Å²) in [5.41, 5.74) is 0.433. The lowest BCUT2D eigenvalue weighted by molar-refractivity contribution is -0.192. The zero-order chi connectivity index (χ0) is 21.8. The normalized spacial score (nSPS) is 23.9. The quantitative estimate of drug-likeness (QED) is 0.770. The van der Waals surface area contributed by atoms with Crippen molar-refractivity contribution in [2.24, 2.45) is 11.3 Å². The van der Waals surface area contributed by atoms with Gasteiger partial charge in [0.15, 0.2) is 0 Å². The molecule has 0 aromatic carbocycles. The SMILES string of the molecule is COCC1CC2(CCN(CC3CC3)CC2)CN1c1ncccn1.O=C(O)C(F)(F)F. The summed E-state index contributed by atoms with van der Waals surface area (Å²) in [4.78, 5) is 22.9. The Bertz CT molecular complexity index is 692. The van der Waals surface area contributed by atoms with E-state index in [-0.39, 0.29) is 0 Å². The third-order valence-corrected chi connectivity index (χ3v) is 6.16. The molecular formula is C20H29F3N4O3. The minimum absolute atomic E-state index is 0.414. The molecule has 0 bridgehead atoms. The topological polar surface area (TPSA) is 78.8 Å². The number of methoxy groups -OCH3 is 1. The Morgan fingerprint density at radius 3 is 2.37 bits per heavy atom. The van der Waals surface area contributed by atoms with E-state index in [0.717, 1.165) is 25.0 Å². The lowest BCUT2D eigenvalue weighted by atomic mass is 9.76. The molecule has 1 saturated carbocycles. The maximum Gasteiger partial charge on any atom is 0.490 e. The number of hydrogen-bond acceptors (Lipinski definition) is 6. The van der Waals surface area contributed by atoms with E-state index in [2.05, 4.69) is 19.8 Å². The van der Waals surface area contributed by atoms with E-state index in [1.165, 1.54) is 51.7 Å². The fourth-order valence-corrected chi connectivity index (χ4v) is 4.42. The van der Waals surface area contributed by atoms with Gasteiger partial charge in [-0.3, -0.25) is 0 Å². The fourth-order valence-electron chi connectivity index (χ4n) is 4.42. The van der Waals surface area contributed by atoms with E-state index in [0.29, 0.717) is 11.5 Å². The van der Waals surface area contributed by atoms with Crippen molar-refractivity contribution in [2.45, 2.75) is 44.3 Å². The Hall–Kier alpha value is -1.94. The highest BCUT2D eigenvalue weighted by molar-refractivity contribution is 5.73. The van der Waals surface area contributed by atoms with E-state index < -0.39 is 12.1 Å². The molecule has 3 heterocycles. The van der Waals surface area contributed by atoms with Crippen molar-refractivity contribution in [1.29, 1.82) is 0 Å². The first-order valence-corrected chi connectivity index (χ1v) is 10.3. The molecule has 0 radical (unpaired) electrons. The number of ether oxygens (including phenoxy) is 1. The molecule has 2 aliphatic heterocycles. The van der Waals surface area contributed by atoms with E-state index in [1.54, 1.807) is 7.11 Å². The lowest BCUT2D eigenvalue weighted by Crippen LogP contribution is -2.42. The van der Waals surface area contributed by atoms with Gasteiger partial charge >= 0.3 is 12.1 Å². The summed E-state index contributed by atoms with van der Waals surface area (Å²) in [5.74, 6) is -0.887. The molecule has 3 aliphatic rings. The summed E-state index contributed by atoms with van der Waals surface area (Å²) in [5, 5.41) is 7.12. The second-order valence-electron chi connectivity index (χ2n) is 8.54. The number of rotatable bonds is 5. The van der Waals surface area contributed by atoms with E-state index in [9.17, 15) is 13.2 Å². The summed E-state index contributed by atoms with van der Waals surface area (Å²) in [6, 6.07) is 2.30. The standard InChI is InChI=1S/C18H28N4O.C2HF3O2/c1-23-13-16-11-18(14-22(16)17-19-7-2-8-20-17)5-9-21(10-6-18)12-15-3-4-15;3-2(4,5)1(6)7/h2,7-8,15-16H,3-6,9-14H2,1H3;(H,6,7). The highest BCUT2D eigenvalue weighted by Gasteiger charge is 2.46. The van der Waals surface area contributed by atoms with Crippen molar-refractivity contribution in [2.75, 3.05) is 44.8 Å². The van der Waals surface area contributed by atoms with Gasteiger partial charge in [-0.15, -0.1) is 0 Å². The average molecular weight is 430 g/mol. The van der Waals surface area contributed by atoms with Gasteiger partial charge in [0.05, 0.1) is 12.6 Å². The molecule has 1 unspecified atom stereocenters. The van der Waals surface area contributed by atoms with E-state index in [1.807, 2.05) is 18.5 Å². The van der Waals surface area contributed by atoms with Crippen LogP contribution in [0.3, 0.4) is 0 Å². The van der Waals surface area contributed by atoms with Crippen LogP contribution in [0.2, 0.25) is 0 Å². The van der Waals surface area contributed by atoms with Crippen molar-refractivity contribution in [3.05, 3.63) is 18.5 Å². The van der Waals surface area contributed by atoms with Crippen molar-refractivity contribution < 1.29 is 27.8 Å². The smallest absolute Gasteiger partial charge is 0.475 e. The highest BCUT2D eigenvalue weighted by Crippen LogP contribution is 2.45. The first-order chi connectivity index (χ1) is 14.2. The number of hydrogen-bond donors (Lipinski definition) is 1. The van der Waals surface area contributed by atoms with Gasteiger partial charge in [0.25, 0.3) is 0 Å². The molecule has 30 heavy (non-hydrogen) atoms. The third kappa shape index (κ3) is 6.04. The van der Waals surface area contributed by atoms with Gasteiger partial charge in [0, 0.05) is 32.6 Å². The van der Waals surface area contributed by atoms with Gasteiger partial charge in [-0.25, -0.2) is 14.8 Å². The van der Waals surface area contributed by atoms with Crippen LogP contribution in [-0.2, 0) is 9.53 Å². The van der Waals surface area contributed by atoms with Crippen LogP contribution in [0.25, 0.3) is 0 Å². The van der Waals surface area contributed by atoms with E-state index in [4.69, 9.17) is 14.6 Å². The number of piperidine rings is 1. The molecule has 1 aromatic rings. The first kappa shape index (κ1) is 22.7. The number of alkyl halides is 3. The van der Waals surface area contributed by atoms with Gasteiger partial charge in [0.2, 0.25) is 5.95 Å². The molecule has 1 spiro atoms. The monoisotopic (exact) mass is 430 g/mol. The molecule has 168 valence electrons. The predicted molar refractivity (Wildman–Crippen MR) is 104 cm³/mol. The maximum absolute atomic E-state index is 10.6. The van der Waals surface area contributed by atoms with Crippen LogP contribution >= 0.6 is 0 Å². The van der Waals surface area contributed by atoms with Crippen molar-refractivity contribution >= 4 is 11.9 Å². The number of halogens is 3. The second-order valence-corrected chi connectivity index (χ2v) is 8.54. The molecule has 1 N–H and O–H groups in total. The first-order valence-electron chi connectivity index (χ1n) is 10.3. The molecular weight excluding hydrogens is 401 g/mol. The summed E-state index contributed by atoms with van der Waals surface area (Å²) in [6.07, 6.45) is 5.35. The molecule has 1 aliphatic carbocycles. The Morgan fingerprint density at radius 2 is 1.87 bits per heavy atom. The second kappa shape index (κ2) is 9.47. The lowest BCUT2D eigenvalue weighted by Gasteiger charge is -2.39. The van der Waals surface area contributed by atoms with Gasteiger partial charge in [-0.05, 0) is 62.6 Å². The number of anilines is 1. The minimum atomic E-state index is -5.08. The van der Waals surface area contributed by atoms with Crippen LogP contribution in [0.5, 0.6) is 0 Å². The molecule has 7 nitrogen and oxygen atoms in total. The van der Waals surface area contributed by atoms with E-state index >= 15 is 0 Å². The van der Waals surface area contributed by atoms with Gasteiger partial charge in [0.1, 0.15) is 0 Å². The number of nitrogens with zero attached hydrogens (tertiary/aromatic N) is 4. The Labute approximate surface area is 174 Å². The number of likely N-dealkylation sites (tertiary alicyclic amines) is 1. The molecule has 0 amide bonds. The average Bonchev–Trinajstić information content (AvgIpc) is 3.46. The zero-order valence-electron chi connectivity index (χ0n) is 17.1. The Balaban J connectivity index is 0.000000318. The maximum atomic E-state index is 10.6. The molecule has 1 atom stereocenters. The van der Waals surface area contributed by atoms with Crippen molar-refractivity contribution in [3.8, 4) is 0 Å². The van der Waals surface area contributed by atoms with Crippen molar-refractivity contribution in [1.82, 2.24) is 14.9 Å². The Kier molecular flexibility index (Phi) is 7.18. The van der Waals surface area contributed by atoms with Crippen LogP contribution in [0, 0.1) is 11.3 Å². The molecule has 4 rings (SSSR count). The minimum Gasteiger partial charge on any atom is -0.475 e. The fraction of sp³-hybridized carbons (Fsp3) is 0.750. The third-order valence-electron chi connectivity index (χ3n) is 6.16. The Morgan fingerprint density at radius 1 is 1.27 bits per heavy atom. The van der Waals surface area contributed by atoms with Gasteiger partial charge < -0.3 is 19.6 Å². The summed E-state index contributed by atoms with van der Waals surface area (Å²) >= 11 is 0. The summed E-state index contributed by atoms with van der Waals surface area (Å²) in [6.45, 7) is 5.72. The van der Waals surface area contributed by atoms with Gasteiger partial charge in [-0.2, -0.15) is 13.2 Å². The summed E-state index contributed by atoms with van der Waals surface area (Å²) < 4.78 is 37.2. The van der Waals surface area contributed by atoms with Gasteiger partial charge in [-0.1, -0.05) is 0 Å². The number of carboxylic acids is 1. The molecule has 10 heteroatoms. The number of aromatic nitrogens is 2. The number of aliphatic carboxylic acids is 1. The molecule has 3 fully saturated rings. The molecule has 1 aromatic heterocycles. The molecule has 2 saturated heterocycles. The van der Waals surface area contributed by atoms with Crippen LogP contribution in [0.15, 0.2) is 18.5 Å². The predicted octanol–water partition coefficient (Wildman–Crippen LogP) is 2.83. The number of carboxylic acid groups (broad SMARTS) is 1. The zero-order valence-corrected chi connectivity index (χ0v) is 17.1. The van der Waals surface area contributed by atoms with Crippen LogP contribution in [0.4, 0.5) is 19.1 Å². The largest absolute Gasteiger partial charge is 0.490 e. The van der Waals surface area contributed by atoms with Crippen molar-refractivity contribution in [3.63, 3.8) is 0 Å². The van der Waals surface area contributed by atoms with Crippen LogP contribution in [0.1, 0.15) is 32.1 Å². The van der Waals surface area contributed by atoms with Crippen LogP contribution < -0.4 is 4.90 Å².